The molecule has 0 amide bonds. The summed E-state index contributed by atoms with van der Waals surface area (Å²) >= 11 is 0. The number of nitrogens with zero attached hydrogens (tertiary/aromatic N) is 1. The van der Waals surface area contributed by atoms with Crippen molar-refractivity contribution in [3.8, 4) is 0 Å². The SMILES string of the molecule is C1CN=C(NCCC2CC3CCC2C3)NC1. The fourth-order valence-corrected chi connectivity index (χ4v) is 3.76. The largest absolute Gasteiger partial charge is 0.356 e. The maximum Gasteiger partial charge on any atom is 0.191 e. The highest BCUT2D eigenvalue weighted by Gasteiger charge is 2.38. The highest BCUT2D eigenvalue weighted by atomic mass is 15.2. The smallest absolute Gasteiger partial charge is 0.191 e. The molecule has 2 fully saturated rings. The fraction of sp³-hybridized carbons (Fsp3) is 0.923. The van der Waals surface area contributed by atoms with Gasteiger partial charge in [-0.1, -0.05) is 6.42 Å². The van der Waals surface area contributed by atoms with Crippen LogP contribution in [0.4, 0.5) is 0 Å². The van der Waals surface area contributed by atoms with Crippen molar-refractivity contribution in [2.24, 2.45) is 22.7 Å². The van der Waals surface area contributed by atoms with Crippen molar-refractivity contribution in [2.45, 2.75) is 38.5 Å². The first-order valence-corrected chi connectivity index (χ1v) is 6.94. The summed E-state index contributed by atoms with van der Waals surface area (Å²) in [6, 6.07) is 0. The summed E-state index contributed by atoms with van der Waals surface area (Å²) in [5.74, 6) is 4.19. The Morgan fingerprint density at radius 2 is 2.31 bits per heavy atom. The van der Waals surface area contributed by atoms with Crippen molar-refractivity contribution in [3.05, 3.63) is 0 Å². The van der Waals surface area contributed by atoms with Gasteiger partial charge in [-0.25, -0.2) is 0 Å². The molecule has 16 heavy (non-hydrogen) atoms. The molecule has 3 aliphatic rings. The van der Waals surface area contributed by atoms with Gasteiger partial charge in [-0.05, 0) is 49.9 Å². The lowest BCUT2D eigenvalue weighted by molar-refractivity contribution is 0.315. The molecule has 0 aromatic carbocycles. The zero-order chi connectivity index (χ0) is 10.8. The topological polar surface area (TPSA) is 36.4 Å². The van der Waals surface area contributed by atoms with Gasteiger partial charge in [-0.2, -0.15) is 0 Å². The van der Waals surface area contributed by atoms with Crippen molar-refractivity contribution in [1.29, 1.82) is 0 Å². The van der Waals surface area contributed by atoms with Gasteiger partial charge in [0.2, 0.25) is 0 Å². The molecule has 2 bridgehead atoms. The van der Waals surface area contributed by atoms with Crippen LogP contribution in [0.3, 0.4) is 0 Å². The first-order valence-electron chi connectivity index (χ1n) is 6.94. The second-order valence-electron chi connectivity index (χ2n) is 5.66. The van der Waals surface area contributed by atoms with E-state index in [9.17, 15) is 0 Å². The van der Waals surface area contributed by atoms with Crippen LogP contribution in [0.2, 0.25) is 0 Å². The Hall–Kier alpha value is -0.730. The summed E-state index contributed by atoms with van der Waals surface area (Å²) in [6.07, 6.45) is 8.59. The average Bonchev–Trinajstić information content (AvgIpc) is 2.92. The quantitative estimate of drug-likeness (QED) is 0.762. The van der Waals surface area contributed by atoms with Crippen LogP contribution in [0, 0.1) is 17.8 Å². The van der Waals surface area contributed by atoms with E-state index < -0.39 is 0 Å². The van der Waals surface area contributed by atoms with E-state index in [4.69, 9.17) is 0 Å². The van der Waals surface area contributed by atoms with E-state index in [2.05, 4.69) is 15.6 Å². The zero-order valence-corrected chi connectivity index (χ0v) is 10.0. The molecule has 2 N–H and O–H groups in total. The number of hydrogen-bond donors (Lipinski definition) is 2. The van der Waals surface area contributed by atoms with Gasteiger partial charge in [0.05, 0.1) is 0 Å². The molecule has 3 unspecified atom stereocenters. The monoisotopic (exact) mass is 221 g/mol. The van der Waals surface area contributed by atoms with Crippen molar-refractivity contribution in [2.75, 3.05) is 19.6 Å². The number of rotatable bonds is 3. The van der Waals surface area contributed by atoms with Gasteiger partial charge in [0.1, 0.15) is 0 Å². The maximum absolute atomic E-state index is 4.44. The van der Waals surface area contributed by atoms with Crippen LogP contribution in [0.5, 0.6) is 0 Å². The van der Waals surface area contributed by atoms with Crippen LogP contribution in [0.1, 0.15) is 38.5 Å². The van der Waals surface area contributed by atoms with Crippen molar-refractivity contribution in [3.63, 3.8) is 0 Å². The molecule has 3 rings (SSSR count). The minimum atomic E-state index is 0.990. The van der Waals surface area contributed by atoms with Gasteiger partial charge in [-0.15, -0.1) is 0 Å². The van der Waals surface area contributed by atoms with E-state index in [0.29, 0.717) is 0 Å². The molecular weight excluding hydrogens is 198 g/mol. The Morgan fingerprint density at radius 3 is 3.00 bits per heavy atom. The number of guanidine groups is 1. The predicted octanol–water partition coefficient (Wildman–Crippen LogP) is 1.75. The summed E-state index contributed by atoms with van der Waals surface area (Å²) in [5.41, 5.74) is 0. The second-order valence-corrected chi connectivity index (χ2v) is 5.66. The van der Waals surface area contributed by atoms with Crippen molar-refractivity contribution in [1.82, 2.24) is 10.6 Å². The van der Waals surface area contributed by atoms with Crippen LogP contribution in [0.15, 0.2) is 4.99 Å². The molecule has 1 heterocycles. The Labute approximate surface area is 98.1 Å². The highest BCUT2D eigenvalue weighted by molar-refractivity contribution is 5.80. The van der Waals surface area contributed by atoms with Crippen molar-refractivity contribution >= 4 is 5.96 Å². The minimum Gasteiger partial charge on any atom is -0.356 e. The first kappa shape index (κ1) is 10.4. The van der Waals surface area contributed by atoms with Gasteiger partial charge >= 0.3 is 0 Å². The predicted molar refractivity (Wildman–Crippen MR) is 66.5 cm³/mol. The number of nitrogens with one attached hydrogen (secondary N) is 2. The van der Waals surface area contributed by atoms with E-state index in [1.807, 2.05) is 0 Å². The molecule has 2 aliphatic carbocycles. The Bertz CT molecular complexity index is 274. The third kappa shape index (κ3) is 2.18. The van der Waals surface area contributed by atoms with E-state index >= 15 is 0 Å². The Balaban J connectivity index is 1.39. The van der Waals surface area contributed by atoms with E-state index in [-0.39, 0.29) is 0 Å². The Morgan fingerprint density at radius 1 is 1.31 bits per heavy atom. The van der Waals surface area contributed by atoms with Gasteiger partial charge < -0.3 is 10.6 Å². The number of hydrogen-bond acceptors (Lipinski definition) is 3. The standard InChI is InChI=1S/C13H23N3/c1-5-14-13(15-6-1)16-7-4-12-9-10-2-3-11(12)8-10/h10-12H,1-9H2,(H2,14,15,16). The molecule has 0 aromatic rings. The third-order valence-electron chi connectivity index (χ3n) is 4.59. The number of aliphatic imine (C=N–C) groups is 1. The fourth-order valence-electron chi connectivity index (χ4n) is 3.76. The third-order valence-corrected chi connectivity index (χ3v) is 4.59. The normalized spacial score (nSPS) is 37.0. The lowest BCUT2D eigenvalue weighted by Crippen LogP contribution is -2.41. The molecule has 3 heteroatoms. The van der Waals surface area contributed by atoms with Crippen LogP contribution >= 0.6 is 0 Å². The minimum absolute atomic E-state index is 0.990. The lowest BCUT2D eigenvalue weighted by Gasteiger charge is -2.22. The summed E-state index contributed by atoms with van der Waals surface area (Å²) in [4.78, 5) is 4.44. The van der Waals surface area contributed by atoms with E-state index in [0.717, 1.165) is 43.3 Å². The second kappa shape index (κ2) is 4.64. The molecule has 0 spiro atoms. The van der Waals surface area contributed by atoms with E-state index in [1.54, 1.807) is 0 Å². The summed E-state index contributed by atoms with van der Waals surface area (Å²) in [7, 11) is 0. The molecular formula is C13H23N3. The molecule has 3 atom stereocenters. The molecule has 90 valence electrons. The highest BCUT2D eigenvalue weighted by Crippen LogP contribution is 2.49. The van der Waals surface area contributed by atoms with E-state index in [1.165, 1.54) is 38.5 Å². The lowest BCUT2D eigenvalue weighted by atomic mass is 9.86. The van der Waals surface area contributed by atoms with Crippen molar-refractivity contribution < 1.29 is 0 Å². The van der Waals surface area contributed by atoms with Crippen LogP contribution in [0.25, 0.3) is 0 Å². The Kier molecular flexibility index (Phi) is 3.02. The molecule has 0 radical (unpaired) electrons. The molecule has 0 saturated heterocycles. The van der Waals surface area contributed by atoms with Gasteiger partial charge in [-0.3, -0.25) is 4.99 Å². The summed E-state index contributed by atoms with van der Waals surface area (Å²) in [5, 5.41) is 6.76. The van der Waals surface area contributed by atoms with Crippen LogP contribution < -0.4 is 10.6 Å². The van der Waals surface area contributed by atoms with Crippen LogP contribution in [-0.4, -0.2) is 25.6 Å². The van der Waals surface area contributed by atoms with Gasteiger partial charge in [0.15, 0.2) is 5.96 Å². The van der Waals surface area contributed by atoms with Gasteiger partial charge in [0.25, 0.3) is 0 Å². The molecule has 2 saturated carbocycles. The summed E-state index contributed by atoms with van der Waals surface area (Å²) < 4.78 is 0. The first-order chi connectivity index (χ1) is 7.92. The number of fused-ring (bicyclic) bond motifs is 2. The molecule has 1 aliphatic heterocycles. The zero-order valence-electron chi connectivity index (χ0n) is 10.0. The van der Waals surface area contributed by atoms with Gasteiger partial charge in [0, 0.05) is 19.6 Å². The molecule has 0 aromatic heterocycles. The maximum atomic E-state index is 4.44. The molecule has 3 nitrogen and oxygen atoms in total. The van der Waals surface area contributed by atoms with Crippen LogP contribution in [-0.2, 0) is 0 Å². The summed E-state index contributed by atoms with van der Waals surface area (Å²) in [6.45, 7) is 3.18. The average molecular weight is 221 g/mol.